The van der Waals surface area contributed by atoms with E-state index >= 15 is 0 Å². The SMILES string of the molecule is CCO[C](=O)[Co][CH3].[C]=O.[C]=O.[C]=O.[C]=O. The number of hydrogen-bond acceptors (Lipinski definition) is 6. The van der Waals surface area contributed by atoms with E-state index in [1.807, 2.05) is 0 Å². The summed E-state index contributed by atoms with van der Waals surface area (Å²) in [7, 11) is 0. The minimum absolute atomic E-state index is 0.154. The largest absolute Gasteiger partial charge is 0.281 e. The molecule has 7 heteroatoms. The van der Waals surface area contributed by atoms with Crippen LogP contribution >= 0.6 is 0 Å². The standard InChI is InChI=1S/C3H5O2.4CO.CH3.Co/c1-2-5-3-4;4*1-2;;/h2H2,1H3;;;;;1H3;. The second-order valence-electron chi connectivity index (χ2n) is 0.819. The Labute approximate surface area is 95.3 Å². The first-order valence-electron chi connectivity index (χ1n) is 2.72. The Balaban J connectivity index is -0.0000000353. The van der Waals surface area contributed by atoms with Crippen molar-refractivity contribution in [2.24, 2.45) is 0 Å². The molecule has 0 aromatic carbocycles. The van der Waals surface area contributed by atoms with Gasteiger partial charge in [-0.2, -0.15) is 0 Å². The van der Waals surface area contributed by atoms with Crippen molar-refractivity contribution in [3.8, 4) is 0 Å². The van der Waals surface area contributed by atoms with Crippen LogP contribution in [-0.2, 0) is 38.6 Å². The summed E-state index contributed by atoms with van der Waals surface area (Å²) in [6.07, 6.45) is 0. The molecule has 0 aliphatic carbocycles. The van der Waals surface area contributed by atoms with Crippen LogP contribution in [0.25, 0.3) is 0 Å². The molecule has 0 unspecified atom stereocenters. The molecule has 0 fully saturated rings. The van der Waals surface area contributed by atoms with E-state index in [0.29, 0.717) is 21.3 Å². The van der Waals surface area contributed by atoms with Crippen LogP contribution in [-0.4, -0.2) is 38.7 Å². The quantitative estimate of drug-likeness (QED) is 0.674. The maximum Gasteiger partial charge on any atom is 0.281 e. The predicted octanol–water partition coefficient (Wildman–Crippen LogP) is -0.315. The smallest absolute Gasteiger partial charge is 0.281 e. The molecule has 0 saturated heterocycles. The van der Waals surface area contributed by atoms with Crippen LogP contribution in [0, 0.1) is 0 Å². The predicted molar refractivity (Wildman–Crippen MR) is 45.7 cm³/mol. The molecule has 8 radical (unpaired) electrons. The van der Waals surface area contributed by atoms with Gasteiger partial charge in [0.2, 0.25) is 0 Å². The molecule has 0 amide bonds. The summed E-state index contributed by atoms with van der Waals surface area (Å²) in [5.74, 6) is 1.74. The number of ether oxygens (including phenoxy) is 1. The zero-order valence-electron chi connectivity index (χ0n) is 7.99. The third-order valence-corrected chi connectivity index (χ3v) is 0.963. The average molecular weight is 259 g/mol. The monoisotopic (exact) mass is 259 g/mol. The third-order valence-electron chi connectivity index (χ3n) is 0.387. The van der Waals surface area contributed by atoms with Crippen molar-refractivity contribution in [2.75, 3.05) is 6.61 Å². The average Bonchev–Trinajstić information content (AvgIpc) is 2.39. The number of carbonyl (C=O) groups excluding carboxylic acids is 5. The summed E-state index contributed by atoms with van der Waals surface area (Å²) >= 11 is 0.708. The van der Waals surface area contributed by atoms with Crippen LogP contribution in [0.1, 0.15) is 6.92 Å². The normalized spacial score (nSPS) is 5.20. The molecule has 0 spiro atoms. The first-order valence-corrected chi connectivity index (χ1v) is 4.28. The van der Waals surface area contributed by atoms with Crippen LogP contribution in [0.2, 0.25) is 5.86 Å². The topological polar surface area (TPSA) is 94.6 Å². The molecule has 15 heavy (non-hydrogen) atoms. The zero-order chi connectivity index (χ0) is 13.7. The first-order chi connectivity index (χ1) is 7.31. The van der Waals surface area contributed by atoms with E-state index in [1.54, 1.807) is 12.8 Å². The van der Waals surface area contributed by atoms with E-state index in [-0.39, 0.29) is 4.90 Å². The maximum absolute atomic E-state index is 10.2. The van der Waals surface area contributed by atoms with Crippen molar-refractivity contribution < 1.29 is 43.4 Å². The van der Waals surface area contributed by atoms with Gasteiger partial charge in [-0.05, 0) is 0 Å². The molecule has 0 heterocycles. The molecule has 0 N–H and O–H groups in total. The minimum atomic E-state index is -0.154. The van der Waals surface area contributed by atoms with E-state index in [0.717, 1.165) is 0 Å². The van der Waals surface area contributed by atoms with Crippen molar-refractivity contribution in [3.05, 3.63) is 0 Å². The Morgan fingerprint density at radius 3 is 1.33 bits per heavy atom. The van der Waals surface area contributed by atoms with Gasteiger partial charge in [0.15, 0.2) is 0 Å². The fourth-order valence-electron chi connectivity index (χ4n) is 0.155. The van der Waals surface area contributed by atoms with Crippen molar-refractivity contribution >= 4 is 32.1 Å². The van der Waals surface area contributed by atoms with Crippen LogP contribution in [0.3, 0.4) is 0 Å². The van der Waals surface area contributed by atoms with Gasteiger partial charge >= 0.3 is 48.5 Å². The Bertz CT molecular complexity index is 103. The molecular formula is C8H8CoO6. The zero-order valence-corrected chi connectivity index (χ0v) is 9.03. The van der Waals surface area contributed by atoms with Gasteiger partial charge in [0.25, 0.3) is 27.2 Å². The Kier molecular flexibility index (Phi) is 154. The summed E-state index contributed by atoms with van der Waals surface area (Å²) in [6, 6.07) is 0. The van der Waals surface area contributed by atoms with Gasteiger partial charge in [0.1, 0.15) is 0 Å². The summed E-state index contributed by atoms with van der Waals surface area (Å²) in [5, 5.41) is 0. The number of hydrogen-bond donors (Lipinski definition) is 0. The van der Waals surface area contributed by atoms with Gasteiger partial charge in [-0.1, -0.05) is 0 Å². The Morgan fingerprint density at radius 2 is 1.27 bits per heavy atom. The van der Waals surface area contributed by atoms with Crippen LogP contribution in [0.4, 0.5) is 4.79 Å². The van der Waals surface area contributed by atoms with Crippen molar-refractivity contribution in [3.63, 3.8) is 0 Å². The molecular weight excluding hydrogens is 251 g/mol. The molecule has 0 saturated carbocycles. The second kappa shape index (κ2) is 79.3. The van der Waals surface area contributed by atoms with Crippen molar-refractivity contribution in [2.45, 2.75) is 12.8 Å². The van der Waals surface area contributed by atoms with Gasteiger partial charge < -0.3 is 0 Å². The third kappa shape index (κ3) is 108. The summed E-state index contributed by atoms with van der Waals surface area (Å²) in [4.78, 5) is 40.0. The van der Waals surface area contributed by atoms with Crippen LogP contribution < -0.4 is 0 Å². The molecule has 0 aromatic heterocycles. The van der Waals surface area contributed by atoms with Gasteiger partial charge in [-0.3, -0.25) is 19.2 Å². The maximum atomic E-state index is 10.2. The molecule has 0 aliphatic rings. The molecule has 6 nitrogen and oxygen atoms in total. The fraction of sp³-hybridized carbons (Fsp3) is 0.375. The molecule has 0 rings (SSSR count). The first kappa shape index (κ1) is 29.2. The Hall–Kier alpha value is -1.34. The molecule has 0 atom stereocenters. The molecule has 85 valence electrons. The van der Waals surface area contributed by atoms with E-state index in [2.05, 4.69) is 31.9 Å². The Morgan fingerprint density at radius 1 is 1.00 bits per heavy atom. The summed E-state index contributed by atoms with van der Waals surface area (Å²) in [6.45, 7) is 20.3. The van der Waals surface area contributed by atoms with Gasteiger partial charge in [0.05, 0.1) is 0 Å². The van der Waals surface area contributed by atoms with Gasteiger partial charge in [-0.15, -0.1) is 0 Å². The van der Waals surface area contributed by atoms with E-state index in [9.17, 15) is 4.79 Å². The van der Waals surface area contributed by atoms with Crippen molar-refractivity contribution in [1.82, 2.24) is 0 Å². The van der Waals surface area contributed by atoms with Gasteiger partial charge in [-0.25, -0.2) is 0 Å². The van der Waals surface area contributed by atoms with Crippen LogP contribution in [0.15, 0.2) is 0 Å². The number of rotatable bonds is 2. The minimum Gasteiger partial charge on any atom is -0.281 e. The van der Waals surface area contributed by atoms with E-state index in [1.165, 1.54) is 0 Å². The van der Waals surface area contributed by atoms with E-state index in [4.69, 9.17) is 19.2 Å². The fourth-order valence-corrected chi connectivity index (χ4v) is 0.456. The summed E-state index contributed by atoms with van der Waals surface area (Å²) < 4.78 is 4.54. The van der Waals surface area contributed by atoms with E-state index < -0.39 is 0 Å². The molecule has 0 bridgehead atoms. The molecule has 0 aliphatic heterocycles. The second-order valence-corrected chi connectivity index (χ2v) is 1.76. The summed E-state index contributed by atoms with van der Waals surface area (Å²) in [5.41, 5.74) is 0. The van der Waals surface area contributed by atoms with Crippen molar-refractivity contribution in [1.29, 1.82) is 0 Å². The van der Waals surface area contributed by atoms with Crippen LogP contribution in [0.5, 0.6) is 0 Å². The number of carbonyl (C=O) groups is 1. The van der Waals surface area contributed by atoms with Gasteiger partial charge in [0, 0.05) is 0 Å². The molecule has 0 aromatic rings.